The number of rotatable bonds is 4. The van der Waals surface area contributed by atoms with Crippen LogP contribution < -0.4 is 5.73 Å². The van der Waals surface area contributed by atoms with Gasteiger partial charge in [0, 0.05) is 17.5 Å². The first-order valence-electron chi connectivity index (χ1n) is 5.19. The van der Waals surface area contributed by atoms with Crippen LogP contribution in [-0.4, -0.2) is 17.1 Å². The summed E-state index contributed by atoms with van der Waals surface area (Å²) in [6, 6.07) is 2.44. The number of carboxylic acids is 1. The Labute approximate surface area is 98.2 Å². The molecule has 0 saturated carbocycles. The van der Waals surface area contributed by atoms with E-state index < -0.39 is 29.1 Å². The molecule has 0 aliphatic carbocycles. The molecule has 0 fully saturated rings. The lowest BCUT2D eigenvalue weighted by Crippen LogP contribution is -2.42. The predicted molar refractivity (Wildman–Crippen MR) is 59.6 cm³/mol. The third kappa shape index (κ3) is 3.00. The average Bonchev–Trinajstić information content (AvgIpc) is 2.14. The van der Waals surface area contributed by atoms with Gasteiger partial charge in [0.1, 0.15) is 11.6 Å². The molecule has 3 N–H and O–H groups in total. The summed E-state index contributed by atoms with van der Waals surface area (Å²) in [5.74, 6) is -2.54. The Morgan fingerprint density at radius 3 is 2.24 bits per heavy atom. The summed E-state index contributed by atoms with van der Waals surface area (Å²) in [5.41, 5.74) is 4.99. The summed E-state index contributed by atoms with van der Waals surface area (Å²) in [7, 11) is 0. The molecule has 0 spiro atoms. The lowest BCUT2D eigenvalue weighted by Gasteiger charge is -2.32. The summed E-state index contributed by atoms with van der Waals surface area (Å²) < 4.78 is 26.3. The number of hydrogen-bond acceptors (Lipinski definition) is 2. The fourth-order valence-electron chi connectivity index (χ4n) is 1.72. The summed E-state index contributed by atoms with van der Waals surface area (Å²) >= 11 is 0. The normalized spacial score (nSPS) is 16.3. The van der Waals surface area contributed by atoms with E-state index in [0.717, 1.165) is 18.2 Å². The lowest BCUT2D eigenvalue weighted by molar-refractivity contribution is -0.138. The molecule has 0 saturated heterocycles. The standard InChI is InChI=1S/C12H15F2NO2/c1-7(15)12(2,6-11(16)17)8-3-9(13)5-10(14)4-8/h3-5,7H,6,15H2,1-2H3,(H,16,17). The second-order valence-electron chi connectivity index (χ2n) is 4.43. The van der Waals surface area contributed by atoms with Crippen molar-refractivity contribution in [2.45, 2.75) is 31.7 Å². The Morgan fingerprint density at radius 2 is 1.88 bits per heavy atom. The van der Waals surface area contributed by atoms with Gasteiger partial charge in [-0.05, 0) is 24.6 Å². The van der Waals surface area contributed by atoms with E-state index in [4.69, 9.17) is 10.8 Å². The molecule has 1 rings (SSSR count). The molecule has 2 unspecified atom stereocenters. The molecular weight excluding hydrogens is 228 g/mol. The van der Waals surface area contributed by atoms with Gasteiger partial charge < -0.3 is 10.8 Å². The van der Waals surface area contributed by atoms with Crippen LogP contribution in [0.3, 0.4) is 0 Å². The van der Waals surface area contributed by atoms with E-state index in [1.54, 1.807) is 13.8 Å². The molecule has 1 aromatic carbocycles. The quantitative estimate of drug-likeness (QED) is 0.850. The Morgan fingerprint density at radius 1 is 1.41 bits per heavy atom. The van der Waals surface area contributed by atoms with Crippen molar-refractivity contribution in [1.29, 1.82) is 0 Å². The molecule has 94 valence electrons. The predicted octanol–water partition coefficient (Wildman–Crippen LogP) is 2.04. The second kappa shape index (κ2) is 4.79. The molecule has 0 aromatic heterocycles. The van der Waals surface area contributed by atoms with Crippen molar-refractivity contribution in [1.82, 2.24) is 0 Å². The van der Waals surface area contributed by atoms with Crippen LogP contribution in [-0.2, 0) is 10.2 Å². The van der Waals surface area contributed by atoms with Crippen molar-refractivity contribution in [3.05, 3.63) is 35.4 Å². The molecule has 0 amide bonds. The minimum absolute atomic E-state index is 0.257. The topological polar surface area (TPSA) is 63.3 Å². The van der Waals surface area contributed by atoms with Crippen LogP contribution in [0.4, 0.5) is 8.78 Å². The van der Waals surface area contributed by atoms with Crippen LogP contribution in [0.5, 0.6) is 0 Å². The molecule has 17 heavy (non-hydrogen) atoms. The molecule has 0 aliphatic heterocycles. The molecule has 0 heterocycles. The molecular formula is C12H15F2NO2. The van der Waals surface area contributed by atoms with Crippen LogP contribution in [0.2, 0.25) is 0 Å². The Hall–Kier alpha value is -1.49. The van der Waals surface area contributed by atoms with Crippen LogP contribution in [0.25, 0.3) is 0 Å². The Bertz CT molecular complexity index is 414. The van der Waals surface area contributed by atoms with Gasteiger partial charge >= 0.3 is 5.97 Å². The van der Waals surface area contributed by atoms with Gasteiger partial charge in [-0.1, -0.05) is 6.92 Å². The largest absolute Gasteiger partial charge is 0.481 e. The molecule has 5 heteroatoms. The highest BCUT2D eigenvalue weighted by Gasteiger charge is 2.34. The highest BCUT2D eigenvalue weighted by molar-refractivity contribution is 5.69. The van der Waals surface area contributed by atoms with E-state index >= 15 is 0 Å². The van der Waals surface area contributed by atoms with E-state index in [1.807, 2.05) is 0 Å². The van der Waals surface area contributed by atoms with Gasteiger partial charge in [0.25, 0.3) is 0 Å². The summed E-state index contributed by atoms with van der Waals surface area (Å²) in [6.07, 6.45) is -0.284. The maximum atomic E-state index is 13.1. The molecule has 0 radical (unpaired) electrons. The summed E-state index contributed by atoms with van der Waals surface area (Å²) in [6.45, 7) is 3.20. The van der Waals surface area contributed by atoms with Crippen LogP contribution in [0.1, 0.15) is 25.8 Å². The Kier molecular flexibility index (Phi) is 3.83. The fourth-order valence-corrected chi connectivity index (χ4v) is 1.72. The number of halogens is 2. The van der Waals surface area contributed by atoms with E-state index in [0.29, 0.717) is 0 Å². The lowest BCUT2D eigenvalue weighted by atomic mass is 9.74. The zero-order valence-electron chi connectivity index (χ0n) is 9.71. The maximum Gasteiger partial charge on any atom is 0.304 e. The van der Waals surface area contributed by atoms with Crippen molar-refractivity contribution >= 4 is 5.97 Å². The first kappa shape index (κ1) is 13.6. The third-order valence-electron chi connectivity index (χ3n) is 3.05. The highest BCUT2D eigenvalue weighted by atomic mass is 19.1. The smallest absolute Gasteiger partial charge is 0.304 e. The van der Waals surface area contributed by atoms with Gasteiger partial charge in [0.2, 0.25) is 0 Å². The zero-order valence-corrected chi connectivity index (χ0v) is 9.71. The second-order valence-corrected chi connectivity index (χ2v) is 4.43. The number of nitrogens with two attached hydrogens (primary N) is 1. The van der Waals surface area contributed by atoms with Crippen molar-refractivity contribution in [3.8, 4) is 0 Å². The van der Waals surface area contributed by atoms with Crippen molar-refractivity contribution < 1.29 is 18.7 Å². The average molecular weight is 243 g/mol. The Balaban J connectivity index is 3.26. The molecule has 1 aromatic rings. The summed E-state index contributed by atoms with van der Waals surface area (Å²) in [5, 5.41) is 8.85. The van der Waals surface area contributed by atoms with Crippen molar-refractivity contribution in [3.63, 3.8) is 0 Å². The first-order valence-corrected chi connectivity index (χ1v) is 5.19. The van der Waals surface area contributed by atoms with Gasteiger partial charge in [0.15, 0.2) is 0 Å². The number of carbonyl (C=O) groups is 1. The monoisotopic (exact) mass is 243 g/mol. The maximum absolute atomic E-state index is 13.1. The van der Waals surface area contributed by atoms with E-state index in [-0.39, 0.29) is 12.0 Å². The molecule has 0 aliphatic rings. The minimum atomic E-state index is -1.06. The SMILES string of the molecule is CC(N)C(C)(CC(=O)O)c1cc(F)cc(F)c1. The van der Waals surface area contributed by atoms with E-state index in [1.165, 1.54) is 0 Å². The number of aliphatic carboxylic acids is 1. The zero-order chi connectivity index (χ0) is 13.2. The first-order chi connectivity index (χ1) is 7.75. The van der Waals surface area contributed by atoms with Crippen molar-refractivity contribution in [2.24, 2.45) is 5.73 Å². The van der Waals surface area contributed by atoms with Gasteiger partial charge in [-0.2, -0.15) is 0 Å². The summed E-state index contributed by atoms with van der Waals surface area (Å²) in [4.78, 5) is 10.8. The number of benzene rings is 1. The molecule has 0 bridgehead atoms. The van der Waals surface area contributed by atoms with Gasteiger partial charge in [-0.15, -0.1) is 0 Å². The third-order valence-corrected chi connectivity index (χ3v) is 3.05. The van der Waals surface area contributed by atoms with Gasteiger partial charge in [0.05, 0.1) is 6.42 Å². The van der Waals surface area contributed by atoms with Gasteiger partial charge in [-0.3, -0.25) is 4.79 Å². The van der Waals surface area contributed by atoms with Crippen molar-refractivity contribution in [2.75, 3.05) is 0 Å². The van der Waals surface area contributed by atoms with Crippen LogP contribution >= 0.6 is 0 Å². The molecule has 3 nitrogen and oxygen atoms in total. The minimum Gasteiger partial charge on any atom is -0.481 e. The van der Waals surface area contributed by atoms with E-state index in [2.05, 4.69) is 0 Å². The van der Waals surface area contributed by atoms with Crippen LogP contribution in [0, 0.1) is 11.6 Å². The molecule has 2 atom stereocenters. The number of hydrogen-bond donors (Lipinski definition) is 2. The number of carboxylic acid groups (broad SMARTS) is 1. The van der Waals surface area contributed by atoms with Crippen LogP contribution in [0.15, 0.2) is 18.2 Å². The fraction of sp³-hybridized carbons (Fsp3) is 0.417. The highest BCUT2D eigenvalue weighted by Crippen LogP contribution is 2.31. The van der Waals surface area contributed by atoms with Gasteiger partial charge in [-0.25, -0.2) is 8.78 Å². The van der Waals surface area contributed by atoms with E-state index in [9.17, 15) is 13.6 Å².